The van der Waals surface area contributed by atoms with E-state index in [0.29, 0.717) is 12.2 Å². The van der Waals surface area contributed by atoms with E-state index in [1.807, 2.05) is 50.2 Å². The molecule has 0 aliphatic rings. The van der Waals surface area contributed by atoms with E-state index in [-0.39, 0.29) is 6.03 Å². The highest BCUT2D eigenvalue weighted by Crippen LogP contribution is 2.18. The lowest BCUT2D eigenvalue weighted by atomic mass is 10.2. The van der Waals surface area contributed by atoms with Crippen molar-refractivity contribution in [3.63, 3.8) is 0 Å². The maximum Gasteiger partial charge on any atom is 0.319 e. The van der Waals surface area contributed by atoms with Crippen LogP contribution in [0.2, 0.25) is 0 Å². The smallest absolute Gasteiger partial charge is 0.319 e. The number of aryl methyl sites for hydroxylation is 2. The van der Waals surface area contributed by atoms with Gasteiger partial charge in [0.2, 0.25) is 0 Å². The molecule has 1 aromatic carbocycles. The van der Waals surface area contributed by atoms with Crippen molar-refractivity contribution in [1.82, 2.24) is 34.8 Å². The summed E-state index contributed by atoms with van der Waals surface area (Å²) in [6.07, 6.45) is 4.75. The Bertz CT molecular complexity index is 1120. The highest BCUT2D eigenvalue weighted by atomic mass is 16.2. The van der Waals surface area contributed by atoms with E-state index in [9.17, 15) is 4.79 Å². The summed E-state index contributed by atoms with van der Waals surface area (Å²) in [6, 6.07) is 12.9. The molecule has 9 heteroatoms. The summed E-state index contributed by atoms with van der Waals surface area (Å²) in [6.45, 7) is 4.28. The molecule has 0 bridgehead atoms. The van der Waals surface area contributed by atoms with Crippen LogP contribution in [0.25, 0.3) is 11.5 Å². The fourth-order valence-corrected chi connectivity index (χ4v) is 2.97. The first-order chi connectivity index (χ1) is 14.1. The number of amides is 2. The summed E-state index contributed by atoms with van der Waals surface area (Å²) in [5.41, 5.74) is 4.21. The molecule has 9 nitrogen and oxygen atoms in total. The Morgan fingerprint density at radius 3 is 2.69 bits per heavy atom. The molecule has 4 rings (SSSR count). The van der Waals surface area contributed by atoms with Gasteiger partial charge in [-0.05, 0) is 43.7 Å². The fraction of sp³-hybridized carbons (Fsp3) is 0.150. The Morgan fingerprint density at radius 2 is 2.00 bits per heavy atom. The van der Waals surface area contributed by atoms with Gasteiger partial charge in [-0.25, -0.2) is 24.1 Å². The molecule has 3 aromatic heterocycles. The number of pyridine rings is 1. The molecule has 0 aliphatic carbocycles. The summed E-state index contributed by atoms with van der Waals surface area (Å²) in [4.78, 5) is 20.7. The summed E-state index contributed by atoms with van der Waals surface area (Å²) in [5, 5.41) is 14.2. The van der Waals surface area contributed by atoms with E-state index < -0.39 is 0 Å². The average Bonchev–Trinajstić information content (AvgIpc) is 3.37. The van der Waals surface area contributed by atoms with Gasteiger partial charge in [-0.15, -0.1) is 0 Å². The monoisotopic (exact) mass is 388 g/mol. The molecule has 29 heavy (non-hydrogen) atoms. The lowest BCUT2D eigenvalue weighted by molar-refractivity contribution is 0.251. The molecular weight excluding hydrogens is 368 g/mol. The van der Waals surface area contributed by atoms with Crippen LogP contribution in [0, 0.1) is 13.8 Å². The molecular formula is C20H20N8O. The van der Waals surface area contributed by atoms with Gasteiger partial charge in [-0.2, -0.15) is 10.2 Å². The Morgan fingerprint density at radius 1 is 1.14 bits per heavy atom. The number of rotatable bonds is 5. The molecule has 0 unspecified atom stereocenters. The van der Waals surface area contributed by atoms with E-state index in [0.717, 1.165) is 28.5 Å². The van der Waals surface area contributed by atoms with Crippen molar-refractivity contribution in [3.8, 4) is 11.5 Å². The van der Waals surface area contributed by atoms with E-state index in [1.165, 1.54) is 6.33 Å². The largest absolute Gasteiger partial charge is 0.334 e. The quantitative estimate of drug-likeness (QED) is 0.547. The van der Waals surface area contributed by atoms with Gasteiger partial charge in [0, 0.05) is 18.4 Å². The predicted octanol–water partition coefficient (Wildman–Crippen LogP) is 2.79. The second-order valence-corrected chi connectivity index (χ2v) is 6.53. The van der Waals surface area contributed by atoms with Gasteiger partial charge in [0.1, 0.15) is 12.7 Å². The minimum atomic E-state index is -0.319. The maximum atomic E-state index is 12.3. The van der Waals surface area contributed by atoms with Gasteiger partial charge >= 0.3 is 6.03 Å². The lowest BCUT2D eigenvalue weighted by Crippen LogP contribution is -2.28. The third-order valence-corrected chi connectivity index (χ3v) is 4.31. The number of urea groups is 1. The van der Waals surface area contributed by atoms with Crippen molar-refractivity contribution in [3.05, 3.63) is 78.3 Å². The summed E-state index contributed by atoms with van der Waals surface area (Å²) < 4.78 is 3.39. The molecule has 0 spiro atoms. The minimum absolute atomic E-state index is 0.319. The zero-order chi connectivity index (χ0) is 20.2. The number of carbonyl (C=O) groups is 1. The molecule has 2 amide bonds. The lowest BCUT2D eigenvalue weighted by Gasteiger charge is -2.12. The highest BCUT2D eigenvalue weighted by Gasteiger charge is 2.09. The van der Waals surface area contributed by atoms with Crippen LogP contribution < -0.4 is 10.6 Å². The van der Waals surface area contributed by atoms with Crippen molar-refractivity contribution >= 4 is 11.7 Å². The Labute approximate surface area is 167 Å². The minimum Gasteiger partial charge on any atom is -0.334 e. The Kier molecular flexibility index (Phi) is 5.02. The maximum absolute atomic E-state index is 12.3. The van der Waals surface area contributed by atoms with Crippen LogP contribution in [0.4, 0.5) is 10.5 Å². The highest BCUT2D eigenvalue weighted by molar-refractivity contribution is 5.91. The van der Waals surface area contributed by atoms with E-state index >= 15 is 0 Å². The van der Waals surface area contributed by atoms with Crippen LogP contribution in [0.15, 0.2) is 61.3 Å². The molecule has 0 saturated carbocycles. The van der Waals surface area contributed by atoms with E-state index in [2.05, 4.69) is 30.8 Å². The van der Waals surface area contributed by atoms with Crippen LogP contribution in [0.5, 0.6) is 0 Å². The van der Waals surface area contributed by atoms with Gasteiger partial charge in [0.25, 0.3) is 0 Å². The van der Waals surface area contributed by atoms with Gasteiger partial charge < -0.3 is 10.6 Å². The molecule has 4 aromatic rings. The van der Waals surface area contributed by atoms with Gasteiger partial charge in [0.05, 0.1) is 17.1 Å². The van der Waals surface area contributed by atoms with E-state index in [4.69, 9.17) is 0 Å². The number of carbonyl (C=O) groups excluding carboxylic acids is 1. The third kappa shape index (κ3) is 4.13. The first-order valence-corrected chi connectivity index (χ1v) is 9.07. The number of hydrogen-bond acceptors (Lipinski definition) is 5. The Hall–Kier alpha value is -4.01. The van der Waals surface area contributed by atoms with Crippen molar-refractivity contribution < 1.29 is 4.79 Å². The summed E-state index contributed by atoms with van der Waals surface area (Å²) in [7, 11) is 0. The normalized spacial score (nSPS) is 10.7. The molecule has 0 atom stereocenters. The van der Waals surface area contributed by atoms with Crippen molar-refractivity contribution in [1.29, 1.82) is 0 Å². The number of anilines is 1. The van der Waals surface area contributed by atoms with Crippen LogP contribution in [-0.2, 0) is 6.54 Å². The predicted molar refractivity (Wildman–Crippen MR) is 108 cm³/mol. The summed E-state index contributed by atoms with van der Waals surface area (Å²) >= 11 is 0. The second kappa shape index (κ2) is 7.93. The van der Waals surface area contributed by atoms with Crippen LogP contribution >= 0.6 is 0 Å². The second-order valence-electron chi connectivity index (χ2n) is 6.53. The zero-order valence-electron chi connectivity index (χ0n) is 16.1. The molecule has 0 fully saturated rings. The zero-order valence-corrected chi connectivity index (χ0v) is 16.1. The Balaban J connectivity index is 1.39. The standard InChI is InChI=1S/C20H20N8O/c1-14-9-15(2)28(26-14)19-8-7-16(10-22-19)11-23-20(29)25-17-5-3-4-6-18(17)27-13-21-12-24-27/h3-10,12-13H,11H2,1-2H3,(H2,23,25,29). The van der Waals surface area contributed by atoms with Gasteiger partial charge in [-0.3, -0.25) is 0 Å². The van der Waals surface area contributed by atoms with Crippen molar-refractivity contribution in [2.75, 3.05) is 5.32 Å². The first-order valence-electron chi connectivity index (χ1n) is 9.07. The number of para-hydroxylation sites is 2. The molecule has 146 valence electrons. The third-order valence-electron chi connectivity index (χ3n) is 4.31. The molecule has 0 radical (unpaired) electrons. The topological polar surface area (TPSA) is 103 Å². The molecule has 0 aliphatic heterocycles. The number of nitrogens with one attached hydrogen (secondary N) is 2. The first kappa shape index (κ1) is 18.4. The number of nitrogens with zero attached hydrogens (tertiary/aromatic N) is 6. The van der Waals surface area contributed by atoms with Gasteiger partial charge in [0.15, 0.2) is 5.82 Å². The van der Waals surface area contributed by atoms with Gasteiger partial charge in [-0.1, -0.05) is 18.2 Å². The SMILES string of the molecule is Cc1cc(C)n(-c2ccc(CNC(=O)Nc3ccccc3-n3cncn3)cn2)n1. The van der Waals surface area contributed by atoms with Crippen LogP contribution in [0.3, 0.4) is 0 Å². The van der Waals surface area contributed by atoms with Crippen molar-refractivity contribution in [2.45, 2.75) is 20.4 Å². The molecule has 2 N–H and O–H groups in total. The van der Waals surface area contributed by atoms with Crippen LogP contribution in [-0.4, -0.2) is 35.6 Å². The fourth-order valence-electron chi connectivity index (χ4n) is 2.97. The average molecular weight is 388 g/mol. The summed E-state index contributed by atoms with van der Waals surface area (Å²) in [5.74, 6) is 0.741. The molecule has 3 heterocycles. The molecule has 0 saturated heterocycles. The number of aromatic nitrogens is 6. The number of hydrogen-bond donors (Lipinski definition) is 2. The van der Waals surface area contributed by atoms with Crippen LogP contribution in [0.1, 0.15) is 17.0 Å². The van der Waals surface area contributed by atoms with Crippen molar-refractivity contribution in [2.24, 2.45) is 0 Å². The van der Waals surface area contributed by atoms with E-state index in [1.54, 1.807) is 28.0 Å². The number of benzene rings is 1.